The van der Waals surface area contributed by atoms with Crippen molar-refractivity contribution in [3.63, 3.8) is 0 Å². The molecule has 3 rings (SSSR count). The molecule has 2 aliphatic heterocycles. The van der Waals surface area contributed by atoms with Crippen LogP contribution in [-0.4, -0.2) is 88.1 Å². The van der Waals surface area contributed by atoms with Crippen LogP contribution in [0.15, 0.2) is 12.5 Å². The monoisotopic (exact) mass is 335 g/mol. The maximum Gasteiger partial charge on any atom is 0.303 e. The number of carbonyl (C=O) groups is 1. The Morgan fingerprint density at radius 1 is 1.33 bits per heavy atom. The Labute approximate surface area is 143 Å². The van der Waals surface area contributed by atoms with Gasteiger partial charge in [0.1, 0.15) is 0 Å². The van der Waals surface area contributed by atoms with Crippen molar-refractivity contribution in [1.29, 1.82) is 0 Å². The molecule has 0 aliphatic carbocycles. The van der Waals surface area contributed by atoms with Gasteiger partial charge in [-0.05, 0) is 25.8 Å². The maximum absolute atomic E-state index is 11.1. The summed E-state index contributed by atoms with van der Waals surface area (Å²) >= 11 is 0. The van der Waals surface area contributed by atoms with Gasteiger partial charge in [-0.2, -0.15) is 0 Å². The first-order chi connectivity index (χ1) is 11.6. The van der Waals surface area contributed by atoms with Crippen molar-refractivity contribution in [2.24, 2.45) is 5.92 Å². The Morgan fingerprint density at radius 2 is 2.12 bits per heavy atom. The van der Waals surface area contributed by atoms with Crippen LogP contribution < -0.4 is 0 Å². The molecule has 2 saturated heterocycles. The minimum atomic E-state index is -0.683. The predicted octanol–water partition coefficient (Wildman–Crippen LogP) is 0.712. The first kappa shape index (κ1) is 17.4. The Kier molecular flexibility index (Phi) is 5.86. The van der Waals surface area contributed by atoms with Crippen molar-refractivity contribution >= 4 is 5.97 Å². The quantitative estimate of drug-likeness (QED) is 0.798. The lowest BCUT2D eigenvalue weighted by Gasteiger charge is -2.46. The molecule has 7 nitrogen and oxygen atoms in total. The molecule has 0 radical (unpaired) electrons. The van der Waals surface area contributed by atoms with Gasteiger partial charge in [0.2, 0.25) is 0 Å². The van der Waals surface area contributed by atoms with E-state index in [1.54, 1.807) is 6.33 Å². The van der Waals surface area contributed by atoms with E-state index in [2.05, 4.69) is 31.7 Å². The first-order valence-corrected chi connectivity index (χ1v) is 8.96. The van der Waals surface area contributed by atoms with Crippen LogP contribution in [0, 0.1) is 5.92 Å². The van der Waals surface area contributed by atoms with Gasteiger partial charge in [0.25, 0.3) is 0 Å². The molecule has 2 unspecified atom stereocenters. The molecule has 24 heavy (non-hydrogen) atoms. The van der Waals surface area contributed by atoms with Crippen LogP contribution in [0.5, 0.6) is 0 Å². The number of nitrogens with one attached hydrogen (secondary N) is 1. The molecule has 1 aromatic rings. The third-order valence-electron chi connectivity index (χ3n) is 5.46. The second-order valence-electron chi connectivity index (χ2n) is 7.20. The fourth-order valence-electron chi connectivity index (χ4n) is 4.08. The summed E-state index contributed by atoms with van der Waals surface area (Å²) < 4.78 is 0. The highest BCUT2D eigenvalue weighted by Crippen LogP contribution is 2.27. The maximum atomic E-state index is 11.1. The van der Waals surface area contributed by atoms with Crippen LogP contribution in [0.3, 0.4) is 0 Å². The van der Waals surface area contributed by atoms with Gasteiger partial charge in [-0.3, -0.25) is 14.6 Å². The second-order valence-corrected chi connectivity index (χ2v) is 7.20. The Balaban J connectivity index is 1.61. The largest absolute Gasteiger partial charge is 0.481 e. The van der Waals surface area contributed by atoms with Crippen molar-refractivity contribution in [3.05, 3.63) is 18.2 Å². The van der Waals surface area contributed by atoms with Crippen LogP contribution in [0.1, 0.15) is 25.0 Å². The number of aliphatic carboxylic acids is 1. The molecular weight excluding hydrogens is 306 g/mol. The van der Waals surface area contributed by atoms with E-state index >= 15 is 0 Å². The average molecular weight is 335 g/mol. The van der Waals surface area contributed by atoms with Gasteiger partial charge in [-0.15, -0.1) is 0 Å². The number of piperidine rings is 1. The number of likely N-dealkylation sites (tertiary alicyclic amines) is 1. The van der Waals surface area contributed by atoms with Crippen molar-refractivity contribution in [2.75, 3.05) is 46.3 Å². The van der Waals surface area contributed by atoms with Crippen LogP contribution >= 0.6 is 0 Å². The van der Waals surface area contributed by atoms with E-state index in [4.69, 9.17) is 5.11 Å². The summed E-state index contributed by atoms with van der Waals surface area (Å²) in [4.78, 5) is 25.7. The summed E-state index contributed by atoms with van der Waals surface area (Å²) in [5.74, 6) is -0.251. The van der Waals surface area contributed by atoms with E-state index < -0.39 is 5.97 Å². The topological polar surface area (TPSA) is 75.7 Å². The van der Waals surface area contributed by atoms with Gasteiger partial charge in [0.05, 0.1) is 6.33 Å². The summed E-state index contributed by atoms with van der Waals surface area (Å²) in [5.41, 5.74) is 1.13. The highest BCUT2D eigenvalue weighted by atomic mass is 16.4. The number of likely N-dealkylation sites (N-methyl/N-ethyl adjacent to an activating group) is 1. The fourth-order valence-corrected chi connectivity index (χ4v) is 4.08. The van der Waals surface area contributed by atoms with E-state index in [9.17, 15) is 4.79 Å². The summed E-state index contributed by atoms with van der Waals surface area (Å²) in [6.07, 6.45) is 5.76. The van der Waals surface area contributed by atoms with Gasteiger partial charge in [-0.25, -0.2) is 4.98 Å². The molecule has 7 heteroatoms. The Hall–Kier alpha value is -1.44. The Bertz CT molecular complexity index is 513. The van der Waals surface area contributed by atoms with Crippen molar-refractivity contribution in [1.82, 2.24) is 24.7 Å². The van der Waals surface area contributed by atoms with Gasteiger partial charge < -0.3 is 15.0 Å². The number of hydrogen-bond donors (Lipinski definition) is 2. The molecule has 0 saturated carbocycles. The summed E-state index contributed by atoms with van der Waals surface area (Å²) in [6.45, 7) is 7.35. The first-order valence-electron chi connectivity index (χ1n) is 8.96. The van der Waals surface area contributed by atoms with Crippen molar-refractivity contribution in [3.8, 4) is 0 Å². The minimum Gasteiger partial charge on any atom is -0.481 e. The van der Waals surface area contributed by atoms with Crippen LogP contribution in [-0.2, 0) is 11.3 Å². The Morgan fingerprint density at radius 3 is 2.79 bits per heavy atom. The number of rotatable bonds is 6. The number of H-pyrrole nitrogens is 1. The normalized spacial score (nSPS) is 27.4. The average Bonchev–Trinajstić information content (AvgIpc) is 3.07. The lowest BCUT2D eigenvalue weighted by Crippen LogP contribution is -2.56. The standard InChI is InChI=1S/C17H29N5O2/c1-20-6-8-22(9-7-20)16-4-5-21(12-15-10-18-13-19-15)11-14(16)2-3-17(23)24/h10,13-14,16H,2-9,11-12H2,1H3,(H,18,19)(H,23,24). The number of aromatic amines is 1. The zero-order chi connectivity index (χ0) is 16.9. The van der Waals surface area contributed by atoms with Crippen LogP contribution in [0.2, 0.25) is 0 Å². The number of hydrogen-bond acceptors (Lipinski definition) is 5. The van der Waals surface area contributed by atoms with E-state index in [-0.39, 0.29) is 6.42 Å². The van der Waals surface area contributed by atoms with Gasteiger partial charge in [0.15, 0.2) is 0 Å². The smallest absolute Gasteiger partial charge is 0.303 e. The second kappa shape index (κ2) is 8.09. The zero-order valence-electron chi connectivity index (χ0n) is 14.5. The fraction of sp³-hybridized carbons (Fsp3) is 0.765. The van der Waals surface area contributed by atoms with E-state index in [1.165, 1.54) is 0 Å². The summed E-state index contributed by atoms with van der Waals surface area (Å²) in [7, 11) is 2.17. The highest BCUT2D eigenvalue weighted by Gasteiger charge is 2.34. The van der Waals surface area contributed by atoms with Gasteiger partial charge in [0, 0.05) is 70.2 Å². The minimum absolute atomic E-state index is 0.271. The lowest BCUT2D eigenvalue weighted by molar-refractivity contribution is -0.137. The number of imidazole rings is 1. The SMILES string of the molecule is CN1CCN(C2CCN(Cc3cnc[nH]3)CC2CCC(=O)O)CC1. The number of carboxylic acid groups (broad SMARTS) is 1. The molecule has 134 valence electrons. The number of piperazine rings is 1. The van der Waals surface area contributed by atoms with Gasteiger partial charge in [-0.1, -0.05) is 0 Å². The summed E-state index contributed by atoms with van der Waals surface area (Å²) in [5, 5.41) is 9.10. The molecule has 3 heterocycles. The molecule has 2 aliphatic rings. The van der Waals surface area contributed by atoms with Crippen molar-refractivity contribution < 1.29 is 9.90 Å². The lowest BCUT2D eigenvalue weighted by atomic mass is 9.86. The molecular formula is C17H29N5O2. The number of aromatic nitrogens is 2. The molecule has 0 amide bonds. The molecule has 2 fully saturated rings. The zero-order valence-corrected chi connectivity index (χ0v) is 14.5. The van der Waals surface area contributed by atoms with Crippen molar-refractivity contribution in [2.45, 2.75) is 31.8 Å². The van der Waals surface area contributed by atoms with E-state index in [0.717, 1.165) is 64.3 Å². The third kappa shape index (κ3) is 4.55. The number of carboxylic acids is 1. The molecule has 2 N–H and O–H groups in total. The molecule has 2 atom stereocenters. The highest BCUT2D eigenvalue weighted by molar-refractivity contribution is 5.66. The van der Waals surface area contributed by atoms with E-state index in [1.807, 2.05) is 6.20 Å². The molecule has 0 aromatic carbocycles. The predicted molar refractivity (Wildman–Crippen MR) is 91.7 cm³/mol. The van der Waals surface area contributed by atoms with Gasteiger partial charge >= 0.3 is 5.97 Å². The molecule has 0 spiro atoms. The third-order valence-corrected chi connectivity index (χ3v) is 5.46. The summed E-state index contributed by atoms with van der Waals surface area (Å²) in [6, 6.07) is 0.524. The molecule has 0 bridgehead atoms. The van der Waals surface area contributed by atoms with E-state index in [0.29, 0.717) is 12.0 Å². The number of nitrogens with zero attached hydrogens (tertiary/aromatic N) is 4. The van der Waals surface area contributed by atoms with Crippen LogP contribution in [0.25, 0.3) is 0 Å². The van der Waals surface area contributed by atoms with Crippen LogP contribution in [0.4, 0.5) is 0 Å². The molecule has 1 aromatic heterocycles.